The van der Waals surface area contributed by atoms with Gasteiger partial charge in [-0.15, -0.1) is 0 Å². The molecule has 2 atom stereocenters. The minimum Gasteiger partial charge on any atom is -0.480 e. The van der Waals surface area contributed by atoms with Crippen LogP contribution in [-0.2, 0) is 4.79 Å². The average Bonchev–Trinajstić information content (AvgIpc) is 2.29. The molecule has 4 nitrogen and oxygen atoms in total. The van der Waals surface area contributed by atoms with Gasteiger partial charge in [0.15, 0.2) is 0 Å². The summed E-state index contributed by atoms with van der Waals surface area (Å²) in [6.45, 7) is 0.746. The van der Waals surface area contributed by atoms with Gasteiger partial charge in [0, 0.05) is 5.69 Å². The zero-order valence-corrected chi connectivity index (χ0v) is 9.02. The van der Waals surface area contributed by atoms with Crippen molar-refractivity contribution >= 4 is 11.7 Å². The Labute approximate surface area is 94.5 Å². The molecule has 4 N–H and O–H groups in total. The Morgan fingerprint density at radius 3 is 3.00 bits per heavy atom. The first-order valence-corrected chi connectivity index (χ1v) is 5.48. The van der Waals surface area contributed by atoms with Crippen molar-refractivity contribution in [2.24, 2.45) is 0 Å². The molecule has 0 amide bonds. The number of aliphatic carboxylic acids is 1. The Bertz CT molecular complexity index is 392. The van der Waals surface area contributed by atoms with Gasteiger partial charge in [-0.1, -0.05) is 12.1 Å². The van der Waals surface area contributed by atoms with Crippen molar-refractivity contribution in [1.82, 2.24) is 5.32 Å². The van der Waals surface area contributed by atoms with Crippen LogP contribution >= 0.6 is 0 Å². The SMILES string of the molecule is Nc1cccc(C2CCNC(C(=O)O)C2)c1. The first-order chi connectivity index (χ1) is 7.66. The van der Waals surface area contributed by atoms with Crippen LogP contribution in [0.1, 0.15) is 24.3 Å². The maximum absolute atomic E-state index is 10.9. The lowest BCUT2D eigenvalue weighted by molar-refractivity contribution is -0.140. The normalized spacial score (nSPS) is 25.2. The molecule has 1 aromatic rings. The molecular formula is C12H16N2O2. The standard InChI is InChI=1S/C12H16N2O2/c13-10-3-1-2-8(6-10)9-4-5-14-11(7-9)12(15)16/h1-3,6,9,11,14H,4-5,7,13H2,(H,15,16). The number of carboxylic acids is 1. The number of hydrogen-bond donors (Lipinski definition) is 3. The van der Waals surface area contributed by atoms with Crippen LogP contribution in [-0.4, -0.2) is 23.7 Å². The van der Waals surface area contributed by atoms with E-state index in [9.17, 15) is 4.79 Å². The van der Waals surface area contributed by atoms with Gasteiger partial charge in [0.1, 0.15) is 6.04 Å². The van der Waals surface area contributed by atoms with Crippen molar-refractivity contribution < 1.29 is 9.90 Å². The van der Waals surface area contributed by atoms with E-state index in [-0.39, 0.29) is 0 Å². The molecule has 1 fully saturated rings. The number of carboxylic acid groups (broad SMARTS) is 1. The molecule has 2 unspecified atom stereocenters. The molecule has 0 bridgehead atoms. The highest BCUT2D eigenvalue weighted by molar-refractivity contribution is 5.73. The van der Waals surface area contributed by atoms with Gasteiger partial charge in [-0.2, -0.15) is 0 Å². The predicted molar refractivity (Wildman–Crippen MR) is 62.3 cm³/mol. The molecule has 0 saturated carbocycles. The highest BCUT2D eigenvalue weighted by Crippen LogP contribution is 2.28. The van der Waals surface area contributed by atoms with Crippen LogP contribution in [0.5, 0.6) is 0 Å². The second kappa shape index (κ2) is 4.53. The molecule has 4 heteroatoms. The monoisotopic (exact) mass is 220 g/mol. The second-order valence-electron chi connectivity index (χ2n) is 4.24. The maximum Gasteiger partial charge on any atom is 0.320 e. The number of anilines is 1. The topological polar surface area (TPSA) is 75.3 Å². The van der Waals surface area contributed by atoms with Crippen molar-refractivity contribution in [3.05, 3.63) is 29.8 Å². The number of rotatable bonds is 2. The number of nitrogens with two attached hydrogens (primary N) is 1. The highest BCUT2D eigenvalue weighted by atomic mass is 16.4. The van der Waals surface area contributed by atoms with Crippen molar-refractivity contribution in [3.8, 4) is 0 Å². The molecule has 86 valence electrons. The van der Waals surface area contributed by atoms with Gasteiger partial charge in [0.2, 0.25) is 0 Å². The summed E-state index contributed by atoms with van der Waals surface area (Å²) in [4.78, 5) is 10.9. The molecule has 1 aliphatic rings. The number of carbonyl (C=O) groups is 1. The minimum atomic E-state index is -0.770. The van der Waals surface area contributed by atoms with Gasteiger partial charge < -0.3 is 16.2 Å². The third-order valence-electron chi connectivity index (χ3n) is 3.08. The first kappa shape index (κ1) is 11.0. The van der Waals surface area contributed by atoms with Gasteiger partial charge in [-0.05, 0) is 43.0 Å². The van der Waals surface area contributed by atoms with Gasteiger partial charge in [0.05, 0.1) is 0 Å². The Morgan fingerprint density at radius 2 is 2.31 bits per heavy atom. The van der Waals surface area contributed by atoms with Crippen molar-refractivity contribution in [1.29, 1.82) is 0 Å². The number of nitrogen functional groups attached to an aromatic ring is 1. The van der Waals surface area contributed by atoms with Crippen molar-refractivity contribution in [2.45, 2.75) is 24.8 Å². The van der Waals surface area contributed by atoms with Crippen LogP contribution in [0.2, 0.25) is 0 Å². The van der Waals surface area contributed by atoms with Gasteiger partial charge in [0.25, 0.3) is 0 Å². The van der Waals surface area contributed by atoms with Crippen LogP contribution in [0.15, 0.2) is 24.3 Å². The fourth-order valence-corrected chi connectivity index (χ4v) is 2.22. The van der Waals surface area contributed by atoms with Crippen LogP contribution < -0.4 is 11.1 Å². The average molecular weight is 220 g/mol. The molecular weight excluding hydrogens is 204 g/mol. The zero-order chi connectivity index (χ0) is 11.5. The summed E-state index contributed by atoms with van der Waals surface area (Å²) >= 11 is 0. The molecule has 0 aromatic heterocycles. The predicted octanol–water partition coefficient (Wildman–Crippen LogP) is 1.19. The Morgan fingerprint density at radius 1 is 1.50 bits per heavy atom. The summed E-state index contributed by atoms with van der Waals surface area (Å²) in [5.41, 5.74) is 7.61. The van der Waals surface area contributed by atoms with Crippen molar-refractivity contribution in [2.75, 3.05) is 12.3 Å². The number of hydrogen-bond acceptors (Lipinski definition) is 3. The Kier molecular flexibility index (Phi) is 3.10. The second-order valence-corrected chi connectivity index (χ2v) is 4.24. The molecule has 16 heavy (non-hydrogen) atoms. The van der Waals surface area contributed by atoms with E-state index >= 15 is 0 Å². The third kappa shape index (κ3) is 2.33. The Balaban J connectivity index is 2.12. The number of nitrogens with one attached hydrogen (secondary N) is 1. The lowest BCUT2D eigenvalue weighted by Gasteiger charge is -2.28. The summed E-state index contributed by atoms with van der Waals surface area (Å²) < 4.78 is 0. The van der Waals surface area contributed by atoms with Crippen LogP contribution in [0.4, 0.5) is 5.69 Å². The molecule has 1 aliphatic heterocycles. The summed E-state index contributed by atoms with van der Waals surface area (Å²) in [5, 5.41) is 12.0. The maximum atomic E-state index is 10.9. The van der Waals surface area contributed by atoms with Crippen molar-refractivity contribution in [3.63, 3.8) is 0 Å². The lowest BCUT2D eigenvalue weighted by atomic mass is 9.86. The Hall–Kier alpha value is -1.55. The molecule has 1 saturated heterocycles. The highest BCUT2D eigenvalue weighted by Gasteiger charge is 2.27. The third-order valence-corrected chi connectivity index (χ3v) is 3.08. The van der Waals surface area contributed by atoms with E-state index in [4.69, 9.17) is 10.8 Å². The molecule has 0 spiro atoms. The fraction of sp³-hybridized carbons (Fsp3) is 0.417. The van der Waals surface area contributed by atoms with Gasteiger partial charge in [-0.25, -0.2) is 0 Å². The molecule has 2 rings (SSSR count). The minimum absolute atomic E-state index is 0.297. The quantitative estimate of drug-likeness (QED) is 0.654. The first-order valence-electron chi connectivity index (χ1n) is 5.48. The van der Waals surface area contributed by atoms with Crippen LogP contribution in [0.25, 0.3) is 0 Å². The molecule has 1 aromatic carbocycles. The van der Waals surface area contributed by atoms with Gasteiger partial charge >= 0.3 is 5.97 Å². The summed E-state index contributed by atoms with van der Waals surface area (Å²) in [6, 6.07) is 7.29. The summed E-state index contributed by atoms with van der Waals surface area (Å²) in [5.74, 6) is -0.473. The zero-order valence-electron chi connectivity index (χ0n) is 9.02. The smallest absolute Gasteiger partial charge is 0.320 e. The van der Waals surface area contributed by atoms with E-state index in [1.54, 1.807) is 0 Å². The van der Waals surface area contributed by atoms with E-state index in [1.807, 2.05) is 24.3 Å². The van der Waals surface area contributed by atoms with Crippen LogP contribution in [0, 0.1) is 0 Å². The molecule has 0 radical (unpaired) electrons. The number of piperidine rings is 1. The summed E-state index contributed by atoms with van der Waals surface area (Å²) in [7, 11) is 0. The molecule has 1 heterocycles. The lowest BCUT2D eigenvalue weighted by Crippen LogP contribution is -2.42. The van der Waals surface area contributed by atoms with E-state index in [2.05, 4.69) is 5.32 Å². The largest absolute Gasteiger partial charge is 0.480 e. The van der Waals surface area contributed by atoms with Gasteiger partial charge in [-0.3, -0.25) is 4.79 Å². The van der Waals surface area contributed by atoms with Crippen LogP contribution in [0.3, 0.4) is 0 Å². The number of benzene rings is 1. The van der Waals surface area contributed by atoms with E-state index < -0.39 is 12.0 Å². The van der Waals surface area contributed by atoms with E-state index in [0.29, 0.717) is 12.3 Å². The fourth-order valence-electron chi connectivity index (χ4n) is 2.22. The molecule has 0 aliphatic carbocycles. The summed E-state index contributed by atoms with van der Waals surface area (Å²) in [6.07, 6.45) is 1.60. The van der Waals surface area contributed by atoms with E-state index in [0.717, 1.165) is 24.2 Å². The van der Waals surface area contributed by atoms with E-state index in [1.165, 1.54) is 0 Å².